The van der Waals surface area contributed by atoms with Gasteiger partial charge in [-0.25, -0.2) is 0 Å². The first-order valence-corrected chi connectivity index (χ1v) is 12.4. The van der Waals surface area contributed by atoms with E-state index in [1.165, 1.54) is 11.8 Å². The van der Waals surface area contributed by atoms with Crippen molar-refractivity contribution < 1.29 is 14.3 Å². The third-order valence-electron chi connectivity index (χ3n) is 5.27. The second kappa shape index (κ2) is 11.1. The number of aromatic nitrogens is 3. The summed E-state index contributed by atoms with van der Waals surface area (Å²) in [5.74, 6) is 2.34. The molecule has 0 fully saturated rings. The van der Waals surface area contributed by atoms with Crippen LogP contribution in [0.2, 0.25) is 0 Å². The summed E-state index contributed by atoms with van der Waals surface area (Å²) >= 11 is 4.88. The lowest BCUT2D eigenvalue weighted by Crippen LogP contribution is -2.17. The number of methoxy groups -OCH3 is 1. The molecule has 0 aliphatic rings. The molecule has 7 nitrogen and oxygen atoms in total. The van der Waals surface area contributed by atoms with Crippen LogP contribution in [-0.4, -0.2) is 33.5 Å². The fourth-order valence-corrected chi connectivity index (χ4v) is 4.60. The zero-order chi connectivity index (χ0) is 24.1. The summed E-state index contributed by atoms with van der Waals surface area (Å²) in [5, 5.41) is 12.4. The molecular formula is C24H29BrN4O3S. The molecular weight excluding hydrogens is 504 g/mol. The molecule has 0 spiro atoms. The van der Waals surface area contributed by atoms with Gasteiger partial charge in [0.25, 0.3) is 0 Å². The van der Waals surface area contributed by atoms with Crippen LogP contribution in [0.5, 0.6) is 11.5 Å². The van der Waals surface area contributed by atoms with Crippen LogP contribution >= 0.6 is 27.7 Å². The number of ether oxygens (including phenoxy) is 2. The summed E-state index contributed by atoms with van der Waals surface area (Å²) < 4.78 is 14.3. The number of amides is 1. The van der Waals surface area contributed by atoms with Crippen LogP contribution in [0.4, 0.5) is 5.69 Å². The molecule has 1 heterocycles. The maximum absolute atomic E-state index is 12.6. The summed E-state index contributed by atoms with van der Waals surface area (Å²) in [4.78, 5) is 12.6. The van der Waals surface area contributed by atoms with Gasteiger partial charge in [0.15, 0.2) is 17.1 Å². The second-order valence-corrected chi connectivity index (χ2v) is 9.72. The van der Waals surface area contributed by atoms with Crippen LogP contribution in [0.1, 0.15) is 49.9 Å². The highest BCUT2D eigenvalue weighted by atomic mass is 79.9. The molecule has 3 rings (SSSR count). The van der Waals surface area contributed by atoms with Crippen molar-refractivity contribution in [2.24, 2.45) is 0 Å². The number of hydrogen-bond acceptors (Lipinski definition) is 6. The SMILES string of the molecule is COc1ccc(OC(C)c2nnc(SCC(=O)Nc3ccc(Br)c(C)c3C)n2C(C)C)cc1. The quantitative estimate of drug-likeness (QED) is 0.334. The molecule has 0 aliphatic carbocycles. The van der Waals surface area contributed by atoms with Crippen molar-refractivity contribution in [2.45, 2.75) is 51.9 Å². The van der Waals surface area contributed by atoms with E-state index in [1.54, 1.807) is 7.11 Å². The summed E-state index contributed by atoms with van der Waals surface area (Å²) in [6.07, 6.45) is -0.315. The summed E-state index contributed by atoms with van der Waals surface area (Å²) in [6, 6.07) is 11.4. The molecule has 1 amide bonds. The molecule has 1 N–H and O–H groups in total. The Balaban J connectivity index is 1.68. The van der Waals surface area contributed by atoms with Gasteiger partial charge in [0, 0.05) is 16.2 Å². The molecule has 33 heavy (non-hydrogen) atoms. The number of nitrogens with zero attached hydrogens (tertiary/aromatic N) is 3. The number of thioether (sulfide) groups is 1. The van der Waals surface area contributed by atoms with Gasteiger partial charge in [-0.2, -0.15) is 0 Å². The molecule has 0 bridgehead atoms. The fraction of sp³-hybridized carbons (Fsp3) is 0.375. The Hall–Kier alpha value is -2.52. The van der Waals surface area contributed by atoms with Crippen molar-refractivity contribution in [3.63, 3.8) is 0 Å². The highest BCUT2D eigenvalue weighted by molar-refractivity contribution is 9.10. The van der Waals surface area contributed by atoms with Crippen molar-refractivity contribution in [3.8, 4) is 11.5 Å². The Bertz CT molecular complexity index is 1120. The van der Waals surface area contributed by atoms with E-state index in [2.05, 4.69) is 45.3 Å². The smallest absolute Gasteiger partial charge is 0.234 e. The minimum Gasteiger partial charge on any atom is -0.497 e. The van der Waals surface area contributed by atoms with Gasteiger partial charge in [0.05, 0.1) is 12.9 Å². The van der Waals surface area contributed by atoms with Gasteiger partial charge in [-0.3, -0.25) is 4.79 Å². The molecule has 176 valence electrons. The number of halogens is 1. The second-order valence-electron chi connectivity index (χ2n) is 7.92. The monoisotopic (exact) mass is 532 g/mol. The summed E-state index contributed by atoms with van der Waals surface area (Å²) in [5.41, 5.74) is 2.96. The van der Waals surface area contributed by atoms with Gasteiger partial charge >= 0.3 is 0 Å². The first-order chi connectivity index (χ1) is 15.7. The van der Waals surface area contributed by atoms with E-state index in [1.807, 2.05) is 61.7 Å². The van der Waals surface area contributed by atoms with Crippen molar-refractivity contribution in [1.82, 2.24) is 14.8 Å². The number of hydrogen-bond donors (Lipinski definition) is 1. The van der Waals surface area contributed by atoms with Gasteiger partial charge in [-0.05, 0) is 82.1 Å². The maximum Gasteiger partial charge on any atom is 0.234 e. The van der Waals surface area contributed by atoms with E-state index >= 15 is 0 Å². The van der Waals surface area contributed by atoms with E-state index in [0.717, 1.165) is 32.8 Å². The minimum atomic E-state index is -0.315. The van der Waals surface area contributed by atoms with E-state index in [4.69, 9.17) is 9.47 Å². The third kappa shape index (κ3) is 6.09. The first kappa shape index (κ1) is 25.1. The number of nitrogens with one attached hydrogen (secondary N) is 1. The molecule has 0 aliphatic heterocycles. The van der Waals surface area contributed by atoms with E-state index in [9.17, 15) is 4.79 Å². The molecule has 0 saturated carbocycles. The Kier molecular flexibility index (Phi) is 8.42. The fourth-order valence-electron chi connectivity index (χ4n) is 3.30. The lowest BCUT2D eigenvalue weighted by Gasteiger charge is -2.19. The van der Waals surface area contributed by atoms with Crippen LogP contribution < -0.4 is 14.8 Å². The summed E-state index contributed by atoms with van der Waals surface area (Å²) in [7, 11) is 1.63. The molecule has 2 aromatic carbocycles. The zero-order valence-electron chi connectivity index (χ0n) is 19.7. The summed E-state index contributed by atoms with van der Waals surface area (Å²) in [6.45, 7) is 10.1. The average Bonchev–Trinajstić information content (AvgIpc) is 3.23. The normalized spacial score (nSPS) is 12.0. The molecule has 3 aromatic rings. The lowest BCUT2D eigenvalue weighted by molar-refractivity contribution is -0.113. The molecule has 1 aromatic heterocycles. The Morgan fingerprint density at radius 2 is 1.73 bits per heavy atom. The minimum absolute atomic E-state index is 0.0905. The Morgan fingerprint density at radius 1 is 1.06 bits per heavy atom. The lowest BCUT2D eigenvalue weighted by atomic mass is 10.1. The number of carbonyl (C=O) groups is 1. The van der Waals surface area contributed by atoms with Crippen LogP contribution in [0.25, 0.3) is 0 Å². The number of anilines is 1. The first-order valence-electron chi connectivity index (χ1n) is 10.6. The predicted molar refractivity (Wildman–Crippen MR) is 135 cm³/mol. The van der Waals surface area contributed by atoms with E-state index < -0.39 is 0 Å². The van der Waals surface area contributed by atoms with Gasteiger partial charge in [0.1, 0.15) is 11.5 Å². The number of carbonyl (C=O) groups excluding carboxylic acids is 1. The highest BCUT2D eigenvalue weighted by Gasteiger charge is 2.22. The highest BCUT2D eigenvalue weighted by Crippen LogP contribution is 2.29. The van der Waals surface area contributed by atoms with Crippen molar-refractivity contribution in [1.29, 1.82) is 0 Å². The molecule has 9 heteroatoms. The standard InChI is InChI=1S/C24H29BrN4O3S/c1-14(2)29-23(17(5)32-19-9-7-18(31-6)8-10-19)27-28-24(29)33-13-22(30)26-21-12-11-20(25)15(3)16(21)4/h7-12,14,17H,13H2,1-6H3,(H,26,30). The maximum atomic E-state index is 12.6. The topological polar surface area (TPSA) is 78.3 Å². The van der Waals surface area contributed by atoms with Crippen LogP contribution in [0.15, 0.2) is 46.0 Å². The van der Waals surface area contributed by atoms with Crippen molar-refractivity contribution in [3.05, 3.63) is 57.8 Å². The third-order valence-corrected chi connectivity index (χ3v) is 7.07. The van der Waals surface area contributed by atoms with Crippen LogP contribution in [0.3, 0.4) is 0 Å². The zero-order valence-corrected chi connectivity index (χ0v) is 22.1. The Labute approximate surface area is 207 Å². The van der Waals surface area contributed by atoms with Crippen LogP contribution in [0, 0.1) is 13.8 Å². The van der Waals surface area contributed by atoms with E-state index in [0.29, 0.717) is 11.0 Å². The largest absolute Gasteiger partial charge is 0.497 e. The number of benzene rings is 2. The van der Waals surface area contributed by atoms with Crippen molar-refractivity contribution in [2.75, 3.05) is 18.2 Å². The molecule has 1 atom stereocenters. The van der Waals surface area contributed by atoms with Crippen molar-refractivity contribution >= 4 is 39.3 Å². The predicted octanol–water partition coefficient (Wildman–Crippen LogP) is 6.12. The van der Waals surface area contributed by atoms with Gasteiger partial charge < -0.3 is 19.4 Å². The van der Waals surface area contributed by atoms with Gasteiger partial charge in [-0.15, -0.1) is 10.2 Å². The molecule has 1 unspecified atom stereocenters. The molecule has 0 radical (unpaired) electrons. The number of rotatable bonds is 9. The molecule has 0 saturated heterocycles. The van der Waals surface area contributed by atoms with E-state index in [-0.39, 0.29) is 23.8 Å². The van der Waals surface area contributed by atoms with Gasteiger partial charge in [0.2, 0.25) is 5.91 Å². The van der Waals surface area contributed by atoms with Gasteiger partial charge in [-0.1, -0.05) is 27.7 Å². The average molecular weight is 533 g/mol. The Morgan fingerprint density at radius 3 is 2.36 bits per heavy atom. The van der Waals surface area contributed by atoms with Crippen LogP contribution in [-0.2, 0) is 4.79 Å².